The van der Waals surface area contributed by atoms with E-state index in [2.05, 4.69) is 10.2 Å². The first-order chi connectivity index (χ1) is 12.7. The molecule has 0 unspecified atom stereocenters. The summed E-state index contributed by atoms with van der Waals surface area (Å²) >= 11 is 0. The monoisotopic (exact) mass is 351 g/mol. The molecule has 1 N–H and O–H groups in total. The highest BCUT2D eigenvalue weighted by Gasteiger charge is 2.26. The fourth-order valence-electron chi connectivity index (χ4n) is 3.28. The van der Waals surface area contributed by atoms with Gasteiger partial charge in [-0.25, -0.2) is 4.39 Å². The van der Waals surface area contributed by atoms with Crippen molar-refractivity contribution in [1.82, 2.24) is 15.1 Å². The fraction of sp³-hybridized carbons (Fsp3) is 0.200. The fourth-order valence-corrected chi connectivity index (χ4v) is 3.28. The minimum Gasteiger partial charge on any atom is -0.497 e. The first-order valence-electron chi connectivity index (χ1n) is 8.41. The van der Waals surface area contributed by atoms with E-state index in [-0.39, 0.29) is 5.91 Å². The number of rotatable bonds is 3. The van der Waals surface area contributed by atoms with Crippen LogP contribution in [0, 0.1) is 5.82 Å². The summed E-state index contributed by atoms with van der Waals surface area (Å²) in [5.41, 5.74) is 4.14. The van der Waals surface area contributed by atoms with Crippen molar-refractivity contribution in [3.63, 3.8) is 0 Å². The van der Waals surface area contributed by atoms with Crippen molar-refractivity contribution >= 4 is 5.91 Å². The summed E-state index contributed by atoms with van der Waals surface area (Å²) in [7, 11) is 1.62. The number of halogens is 1. The molecule has 132 valence electrons. The molecule has 0 radical (unpaired) electrons. The van der Waals surface area contributed by atoms with E-state index < -0.39 is 5.82 Å². The number of carbonyl (C=O) groups excluding carboxylic acids is 1. The molecule has 3 aromatic rings. The molecule has 1 amide bonds. The first kappa shape index (κ1) is 16.3. The van der Waals surface area contributed by atoms with Gasteiger partial charge in [0.2, 0.25) is 0 Å². The van der Waals surface area contributed by atoms with E-state index >= 15 is 0 Å². The lowest BCUT2D eigenvalue weighted by atomic mass is 10.00. The Morgan fingerprint density at radius 2 is 2.08 bits per heavy atom. The van der Waals surface area contributed by atoms with Gasteiger partial charge in [-0.15, -0.1) is 0 Å². The van der Waals surface area contributed by atoms with E-state index in [1.54, 1.807) is 24.1 Å². The molecular weight excluding hydrogens is 333 g/mol. The van der Waals surface area contributed by atoms with E-state index in [0.29, 0.717) is 25.1 Å². The highest BCUT2D eigenvalue weighted by Crippen LogP contribution is 2.30. The average Bonchev–Trinajstić information content (AvgIpc) is 3.10. The molecule has 0 aliphatic carbocycles. The van der Waals surface area contributed by atoms with E-state index in [4.69, 9.17) is 4.74 Å². The number of nitrogens with zero attached hydrogens (tertiary/aromatic N) is 2. The molecule has 6 heteroatoms. The molecule has 0 atom stereocenters. The number of H-pyrrole nitrogens is 1. The van der Waals surface area contributed by atoms with Gasteiger partial charge in [0.25, 0.3) is 5.91 Å². The zero-order valence-electron chi connectivity index (χ0n) is 14.3. The number of ether oxygens (including phenoxy) is 1. The zero-order chi connectivity index (χ0) is 18.1. The minimum atomic E-state index is -0.408. The SMILES string of the molecule is COc1cccc(-c2n[nH]c3c2CN(C(=O)c2cccc(F)c2)CC3)c1. The number of hydrogen-bond donors (Lipinski definition) is 1. The van der Waals surface area contributed by atoms with Crippen molar-refractivity contribution in [2.24, 2.45) is 0 Å². The van der Waals surface area contributed by atoms with Gasteiger partial charge >= 0.3 is 0 Å². The molecule has 26 heavy (non-hydrogen) atoms. The van der Waals surface area contributed by atoms with Gasteiger partial charge in [0, 0.05) is 41.9 Å². The number of carbonyl (C=O) groups is 1. The summed E-state index contributed by atoms with van der Waals surface area (Å²) in [6, 6.07) is 13.5. The highest BCUT2D eigenvalue weighted by atomic mass is 19.1. The normalized spacial score (nSPS) is 13.4. The van der Waals surface area contributed by atoms with Crippen LogP contribution < -0.4 is 4.74 Å². The molecule has 0 saturated carbocycles. The highest BCUT2D eigenvalue weighted by molar-refractivity contribution is 5.94. The number of fused-ring (bicyclic) bond motifs is 1. The van der Waals surface area contributed by atoms with Gasteiger partial charge in [-0.1, -0.05) is 18.2 Å². The van der Waals surface area contributed by atoms with Gasteiger partial charge in [0.15, 0.2) is 0 Å². The van der Waals surface area contributed by atoms with E-state index in [1.165, 1.54) is 12.1 Å². The number of nitrogens with one attached hydrogen (secondary N) is 1. The van der Waals surface area contributed by atoms with Crippen molar-refractivity contribution in [3.05, 3.63) is 71.2 Å². The number of hydrogen-bond acceptors (Lipinski definition) is 3. The van der Waals surface area contributed by atoms with E-state index in [9.17, 15) is 9.18 Å². The molecule has 5 nitrogen and oxygen atoms in total. The number of benzene rings is 2. The largest absolute Gasteiger partial charge is 0.497 e. The third kappa shape index (κ3) is 2.94. The maximum Gasteiger partial charge on any atom is 0.254 e. The average molecular weight is 351 g/mol. The predicted molar refractivity (Wildman–Crippen MR) is 95.4 cm³/mol. The summed E-state index contributed by atoms with van der Waals surface area (Å²) in [6.07, 6.45) is 0.688. The lowest BCUT2D eigenvalue weighted by molar-refractivity contribution is 0.0734. The third-order valence-corrected chi connectivity index (χ3v) is 4.64. The second-order valence-corrected chi connectivity index (χ2v) is 6.25. The van der Waals surface area contributed by atoms with Crippen LogP contribution in [0.15, 0.2) is 48.5 Å². The molecule has 1 aliphatic heterocycles. The third-order valence-electron chi connectivity index (χ3n) is 4.64. The summed E-state index contributed by atoms with van der Waals surface area (Å²) in [4.78, 5) is 14.5. The van der Waals surface area contributed by atoms with E-state index in [0.717, 1.165) is 28.3 Å². The van der Waals surface area contributed by atoms with Crippen LogP contribution in [0.5, 0.6) is 5.75 Å². The van der Waals surface area contributed by atoms with Crippen LogP contribution in [0.4, 0.5) is 4.39 Å². The maximum absolute atomic E-state index is 13.4. The standard InChI is InChI=1S/C20H18FN3O2/c1-26-16-7-3-4-13(11-16)19-17-12-24(9-8-18(17)22-23-19)20(25)14-5-2-6-15(21)10-14/h2-7,10-11H,8-9,12H2,1H3,(H,22,23). The number of methoxy groups -OCH3 is 1. The second kappa shape index (κ2) is 6.63. The summed E-state index contributed by atoms with van der Waals surface area (Å²) in [5, 5.41) is 7.53. The van der Waals surface area contributed by atoms with Crippen molar-refractivity contribution < 1.29 is 13.9 Å². The van der Waals surface area contributed by atoms with Gasteiger partial charge in [-0.3, -0.25) is 9.89 Å². The van der Waals surface area contributed by atoms with Crippen LogP contribution in [0.2, 0.25) is 0 Å². The first-order valence-corrected chi connectivity index (χ1v) is 8.41. The molecule has 0 bridgehead atoms. The van der Waals surface area contributed by atoms with Crippen molar-refractivity contribution in [3.8, 4) is 17.0 Å². The van der Waals surface area contributed by atoms with Crippen LogP contribution >= 0.6 is 0 Å². The van der Waals surface area contributed by atoms with Crippen LogP contribution in [0.1, 0.15) is 21.6 Å². The quantitative estimate of drug-likeness (QED) is 0.787. The van der Waals surface area contributed by atoms with Gasteiger partial charge in [0.05, 0.1) is 12.8 Å². The number of aromatic amines is 1. The molecule has 4 rings (SSSR count). The Kier molecular flexibility index (Phi) is 4.16. The Labute approximate surface area is 150 Å². The molecule has 2 aromatic carbocycles. The van der Waals surface area contributed by atoms with Crippen LogP contribution in [-0.4, -0.2) is 34.7 Å². The molecule has 0 fully saturated rings. The molecular formula is C20H18FN3O2. The smallest absolute Gasteiger partial charge is 0.254 e. The van der Waals surface area contributed by atoms with Gasteiger partial charge in [-0.2, -0.15) is 5.10 Å². The van der Waals surface area contributed by atoms with Gasteiger partial charge in [0.1, 0.15) is 11.6 Å². The lowest BCUT2D eigenvalue weighted by Crippen LogP contribution is -2.36. The summed E-state index contributed by atoms with van der Waals surface area (Å²) in [6.45, 7) is 1.01. The molecule has 1 aliphatic rings. The zero-order valence-corrected chi connectivity index (χ0v) is 14.3. The Bertz CT molecular complexity index is 967. The van der Waals surface area contributed by atoms with Crippen molar-refractivity contribution in [1.29, 1.82) is 0 Å². The van der Waals surface area contributed by atoms with Gasteiger partial charge in [-0.05, 0) is 30.3 Å². The van der Waals surface area contributed by atoms with Crippen LogP contribution in [0.25, 0.3) is 11.3 Å². The number of aromatic nitrogens is 2. The Balaban J connectivity index is 1.64. The molecule has 0 saturated heterocycles. The topological polar surface area (TPSA) is 58.2 Å². The Morgan fingerprint density at radius 1 is 1.23 bits per heavy atom. The Hall–Kier alpha value is -3.15. The van der Waals surface area contributed by atoms with Crippen LogP contribution in [-0.2, 0) is 13.0 Å². The maximum atomic E-state index is 13.4. The van der Waals surface area contributed by atoms with E-state index in [1.807, 2.05) is 24.3 Å². The predicted octanol–water partition coefficient (Wildman–Crippen LogP) is 3.42. The minimum absolute atomic E-state index is 0.173. The number of amides is 1. The van der Waals surface area contributed by atoms with Crippen LogP contribution in [0.3, 0.4) is 0 Å². The molecule has 2 heterocycles. The molecule has 1 aromatic heterocycles. The second-order valence-electron chi connectivity index (χ2n) is 6.25. The van der Waals surface area contributed by atoms with Crippen molar-refractivity contribution in [2.45, 2.75) is 13.0 Å². The molecule has 0 spiro atoms. The summed E-state index contributed by atoms with van der Waals surface area (Å²) < 4.78 is 18.7. The van der Waals surface area contributed by atoms with Crippen molar-refractivity contribution in [2.75, 3.05) is 13.7 Å². The lowest BCUT2D eigenvalue weighted by Gasteiger charge is -2.27. The Morgan fingerprint density at radius 3 is 2.88 bits per heavy atom. The van der Waals surface area contributed by atoms with Gasteiger partial charge < -0.3 is 9.64 Å². The summed E-state index contributed by atoms with van der Waals surface area (Å²) in [5.74, 6) is 0.171.